The van der Waals surface area contributed by atoms with E-state index in [4.69, 9.17) is 9.47 Å². The molecule has 0 saturated carbocycles. The van der Waals surface area contributed by atoms with Crippen molar-refractivity contribution in [3.05, 3.63) is 59.2 Å². The van der Waals surface area contributed by atoms with Gasteiger partial charge in [0.05, 0.1) is 13.5 Å². The fraction of sp³-hybridized carbons (Fsp3) is 0.529. The molecule has 1 aliphatic heterocycles. The monoisotopic (exact) mass is 608 g/mol. The molecular formula is C34H48N4O6. The van der Waals surface area contributed by atoms with Crippen LogP contribution in [0.3, 0.4) is 0 Å². The van der Waals surface area contributed by atoms with Crippen molar-refractivity contribution in [1.82, 2.24) is 20.4 Å². The van der Waals surface area contributed by atoms with Gasteiger partial charge in [-0.05, 0) is 67.3 Å². The molecule has 0 aromatic heterocycles. The molecule has 2 aromatic carbocycles. The molecule has 240 valence electrons. The second-order valence-corrected chi connectivity index (χ2v) is 11.7. The number of amides is 4. The van der Waals surface area contributed by atoms with E-state index in [9.17, 15) is 19.2 Å². The van der Waals surface area contributed by atoms with Gasteiger partial charge in [0.25, 0.3) is 5.91 Å². The van der Waals surface area contributed by atoms with E-state index in [1.54, 1.807) is 31.0 Å². The molecule has 10 nitrogen and oxygen atoms in total. The van der Waals surface area contributed by atoms with Crippen LogP contribution in [-0.4, -0.2) is 86.4 Å². The van der Waals surface area contributed by atoms with Gasteiger partial charge in [0.2, 0.25) is 17.7 Å². The van der Waals surface area contributed by atoms with Gasteiger partial charge in [0, 0.05) is 39.6 Å². The number of hydrogen-bond donors (Lipinski definition) is 2. The number of ether oxygens (including phenoxy) is 2. The third-order valence-corrected chi connectivity index (χ3v) is 7.80. The number of aryl methyl sites for hydroxylation is 1. The Morgan fingerprint density at radius 1 is 0.977 bits per heavy atom. The average Bonchev–Trinajstić information content (AvgIpc) is 3.01. The molecule has 2 bridgehead atoms. The van der Waals surface area contributed by atoms with Crippen molar-refractivity contribution >= 4 is 23.6 Å². The molecule has 1 aliphatic rings. The molecule has 2 aromatic rings. The molecule has 3 rings (SSSR count). The topological polar surface area (TPSA) is 117 Å². The number of hydrogen-bond acceptors (Lipinski definition) is 6. The van der Waals surface area contributed by atoms with Gasteiger partial charge in [-0.25, -0.2) is 0 Å². The van der Waals surface area contributed by atoms with Crippen molar-refractivity contribution in [2.75, 3.05) is 46.9 Å². The summed E-state index contributed by atoms with van der Waals surface area (Å²) in [5.41, 5.74) is 3.07. The van der Waals surface area contributed by atoms with E-state index in [0.29, 0.717) is 69.3 Å². The lowest BCUT2D eigenvalue weighted by atomic mass is 10.0. The predicted octanol–water partition coefficient (Wildman–Crippen LogP) is 3.46. The Balaban J connectivity index is 1.69. The van der Waals surface area contributed by atoms with Crippen molar-refractivity contribution in [1.29, 1.82) is 0 Å². The number of carbonyl (C=O) groups excluding carboxylic acids is 4. The number of nitrogens with one attached hydrogen (secondary N) is 2. The van der Waals surface area contributed by atoms with Crippen molar-refractivity contribution in [3.8, 4) is 11.5 Å². The van der Waals surface area contributed by atoms with E-state index in [-0.39, 0.29) is 30.7 Å². The van der Waals surface area contributed by atoms with E-state index >= 15 is 0 Å². The van der Waals surface area contributed by atoms with Gasteiger partial charge in [-0.3, -0.25) is 19.2 Å². The maximum atomic E-state index is 13.3. The highest BCUT2D eigenvalue weighted by molar-refractivity contribution is 5.87. The number of methoxy groups -OCH3 is 1. The van der Waals surface area contributed by atoms with Crippen molar-refractivity contribution in [2.24, 2.45) is 0 Å². The molecule has 1 heterocycles. The Labute approximate surface area is 261 Å². The normalized spacial score (nSPS) is 18.4. The Kier molecular flexibility index (Phi) is 13.5. The summed E-state index contributed by atoms with van der Waals surface area (Å²) < 4.78 is 11.1. The number of fused-ring (bicyclic) bond motifs is 2. The van der Waals surface area contributed by atoms with Gasteiger partial charge < -0.3 is 29.9 Å². The minimum absolute atomic E-state index is 0.0429. The highest BCUT2D eigenvalue weighted by Gasteiger charge is 2.21. The molecule has 4 amide bonds. The fourth-order valence-electron chi connectivity index (χ4n) is 5.08. The van der Waals surface area contributed by atoms with Crippen LogP contribution in [0.2, 0.25) is 0 Å². The first-order chi connectivity index (χ1) is 21.1. The summed E-state index contributed by atoms with van der Waals surface area (Å²) in [6.07, 6.45) is 3.14. The third kappa shape index (κ3) is 10.9. The zero-order chi connectivity index (χ0) is 32.1. The third-order valence-electron chi connectivity index (χ3n) is 7.80. The van der Waals surface area contributed by atoms with Crippen LogP contribution in [0.1, 0.15) is 69.1 Å². The molecule has 0 unspecified atom stereocenters. The molecule has 10 heteroatoms. The lowest BCUT2D eigenvalue weighted by Gasteiger charge is -2.25. The number of likely N-dealkylation sites (N-methyl/N-ethyl adjacent to an activating group) is 1. The van der Waals surface area contributed by atoms with Gasteiger partial charge in [-0.15, -0.1) is 0 Å². The zero-order valence-electron chi connectivity index (χ0n) is 26.8. The molecule has 44 heavy (non-hydrogen) atoms. The van der Waals surface area contributed by atoms with Crippen molar-refractivity contribution in [3.63, 3.8) is 0 Å². The Hall–Kier alpha value is -4.08. The standard InChI is InChI=1S/C34H48N4O6/c1-24(2)28-13-9-27(10-14-28)22-33(41)38-19-7-6-18-37(4)34(42)25(3)36-32(40)23-44-30-21-26(11-15-29(30)43-5)12-16-31(39)35-17-8-20-38/h9-11,13-15,21,24-25H,6-8,12,16-20,22-23H2,1-5H3,(H,35,39)(H,36,40)/t25-/m0/s1. The van der Waals surface area contributed by atoms with E-state index < -0.39 is 11.9 Å². The van der Waals surface area contributed by atoms with Crippen LogP contribution < -0.4 is 20.1 Å². The molecule has 0 radical (unpaired) electrons. The number of rotatable bonds is 4. The Morgan fingerprint density at radius 3 is 2.39 bits per heavy atom. The van der Waals surface area contributed by atoms with Crippen LogP contribution in [0.25, 0.3) is 0 Å². The number of benzene rings is 2. The maximum Gasteiger partial charge on any atom is 0.258 e. The predicted molar refractivity (Wildman–Crippen MR) is 170 cm³/mol. The average molecular weight is 609 g/mol. The SMILES string of the molecule is COc1ccc2cc1OCC(=O)N[C@@H](C)C(=O)N(C)CCCCN(C(=O)Cc1ccc(C(C)C)cc1)CCCNC(=O)CC2. The first-order valence-corrected chi connectivity index (χ1v) is 15.5. The van der Waals surface area contributed by atoms with Crippen molar-refractivity contribution in [2.45, 2.75) is 71.3 Å². The number of carbonyl (C=O) groups is 4. The van der Waals surface area contributed by atoms with Crippen LogP contribution in [0.4, 0.5) is 0 Å². The lowest BCUT2D eigenvalue weighted by molar-refractivity contribution is -0.135. The smallest absolute Gasteiger partial charge is 0.258 e. The van der Waals surface area contributed by atoms with Crippen LogP contribution in [0, 0.1) is 0 Å². The second-order valence-electron chi connectivity index (χ2n) is 11.7. The van der Waals surface area contributed by atoms with Crippen LogP contribution in [-0.2, 0) is 32.0 Å². The van der Waals surface area contributed by atoms with Gasteiger partial charge in [0.1, 0.15) is 6.04 Å². The van der Waals surface area contributed by atoms with Crippen LogP contribution in [0.5, 0.6) is 11.5 Å². The summed E-state index contributed by atoms with van der Waals surface area (Å²) in [6.45, 7) is 7.69. The molecule has 0 aliphatic carbocycles. The molecule has 0 spiro atoms. The summed E-state index contributed by atoms with van der Waals surface area (Å²) in [6, 6.07) is 12.8. The van der Waals surface area contributed by atoms with Gasteiger partial charge >= 0.3 is 0 Å². The van der Waals surface area contributed by atoms with Gasteiger partial charge in [0.15, 0.2) is 18.1 Å². The second kappa shape index (κ2) is 17.3. The van der Waals surface area contributed by atoms with E-state index in [0.717, 1.165) is 17.5 Å². The largest absolute Gasteiger partial charge is 0.493 e. The Bertz CT molecular complexity index is 1260. The molecule has 2 N–H and O–H groups in total. The minimum Gasteiger partial charge on any atom is -0.493 e. The first kappa shape index (κ1) is 34.4. The summed E-state index contributed by atoms with van der Waals surface area (Å²) >= 11 is 0. The molecular weight excluding hydrogens is 560 g/mol. The van der Waals surface area contributed by atoms with Crippen molar-refractivity contribution < 1.29 is 28.7 Å². The lowest BCUT2D eigenvalue weighted by Crippen LogP contribution is -2.47. The summed E-state index contributed by atoms with van der Waals surface area (Å²) in [5, 5.41) is 5.67. The highest BCUT2D eigenvalue weighted by atomic mass is 16.5. The summed E-state index contributed by atoms with van der Waals surface area (Å²) in [7, 11) is 3.22. The minimum atomic E-state index is -0.721. The number of nitrogens with zero attached hydrogens (tertiary/aromatic N) is 2. The van der Waals surface area contributed by atoms with Crippen LogP contribution in [0.15, 0.2) is 42.5 Å². The highest BCUT2D eigenvalue weighted by Crippen LogP contribution is 2.28. The molecule has 0 saturated heterocycles. The van der Waals surface area contributed by atoms with Crippen LogP contribution >= 0.6 is 0 Å². The maximum absolute atomic E-state index is 13.3. The van der Waals surface area contributed by atoms with E-state index in [2.05, 4.69) is 36.6 Å². The molecule has 0 fully saturated rings. The fourth-order valence-corrected chi connectivity index (χ4v) is 5.08. The molecule has 1 atom stereocenters. The zero-order valence-corrected chi connectivity index (χ0v) is 26.8. The van der Waals surface area contributed by atoms with E-state index in [1.807, 2.05) is 23.1 Å². The first-order valence-electron chi connectivity index (χ1n) is 15.5. The quantitative estimate of drug-likeness (QED) is 0.549. The van der Waals surface area contributed by atoms with Gasteiger partial charge in [-0.1, -0.05) is 44.2 Å². The van der Waals surface area contributed by atoms with Gasteiger partial charge in [-0.2, -0.15) is 0 Å². The summed E-state index contributed by atoms with van der Waals surface area (Å²) in [5.74, 6) is 0.622. The Morgan fingerprint density at radius 2 is 1.68 bits per heavy atom. The van der Waals surface area contributed by atoms with E-state index in [1.165, 1.54) is 12.7 Å². The summed E-state index contributed by atoms with van der Waals surface area (Å²) in [4.78, 5) is 54.8.